The zero-order valence-electron chi connectivity index (χ0n) is 19.7. The minimum atomic E-state index is -0.169. The smallest absolute Gasteiger partial charge is 0.253 e. The van der Waals surface area contributed by atoms with Gasteiger partial charge in [-0.3, -0.25) is 14.5 Å². The van der Waals surface area contributed by atoms with Gasteiger partial charge in [0.2, 0.25) is 17.6 Å². The molecule has 0 radical (unpaired) electrons. The fourth-order valence-corrected chi connectivity index (χ4v) is 4.16. The SMILES string of the molecule is CCCNC(=O)c1ccccc1NC(=O)C1CCN(Cc2nc(-c3ccccc3C)no2)CC1. The number of hydrogen-bond donors (Lipinski definition) is 2. The van der Waals surface area contributed by atoms with E-state index in [-0.39, 0.29) is 17.7 Å². The van der Waals surface area contributed by atoms with Gasteiger partial charge in [0.15, 0.2) is 0 Å². The highest BCUT2D eigenvalue weighted by molar-refractivity contribution is 6.04. The number of nitrogens with zero attached hydrogens (tertiary/aromatic N) is 3. The quantitative estimate of drug-likeness (QED) is 0.525. The summed E-state index contributed by atoms with van der Waals surface area (Å²) in [5.74, 6) is 0.859. The fraction of sp³-hybridized carbons (Fsp3) is 0.385. The number of rotatable bonds is 8. The van der Waals surface area contributed by atoms with E-state index in [1.807, 2.05) is 44.2 Å². The number of para-hydroxylation sites is 1. The van der Waals surface area contributed by atoms with Crippen LogP contribution in [0.15, 0.2) is 53.1 Å². The first-order valence-electron chi connectivity index (χ1n) is 11.8. The van der Waals surface area contributed by atoms with Crippen molar-refractivity contribution >= 4 is 17.5 Å². The van der Waals surface area contributed by atoms with E-state index >= 15 is 0 Å². The van der Waals surface area contributed by atoms with Gasteiger partial charge < -0.3 is 15.2 Å². The van der Waals surface area contributed by atoms with Gasteiger partial charge in [-0.1, -0.05) is 48.5 Å². The Morgan fingerprint density at radius 3 is 2.59 bits per heavy atom. The summed E-state index contributed by atoms with van der Waals surface area (Å²) in [6.07, 6.45) is 2.32. The van der Waals surface area contributed by atoms with Gasteiger partial charge in [-0.05, 0) is 57.0 Å². The number of piperidine rings is 1. The lowest BCUT2D eigenvalue weighted by Crippen LogP contribution is -2.38. The van der Waals surface area contributed by atoms with Crippen molar-refractivity contribution in [2.24, 2.45) is 5.92 Å². The Hall–Kier alpha value is -3.52. The number of nitrogens with one attached hydrogen (secondary N) is 2. The molecule has 1 aliphatic heterocycles. The van der Waals surface area contributed by atoms with E-state index in [1.165, 1.54) is 0 Å². The molecule has 0 spiro atoms. The van der Waals surface area contributed by atoms with E-state index in [1.54, 1.807) is 18.2 Å². The molecule has 0 bridgehead atoms. The normalized spacial score (nSPS) is 14.6. The highest BCUT2D eigenvalue weighted by Crippen LogP contribution is 2.24. The summed E-state index contributed by atoms with van der Waals surface area (Å²) in [5.41, 5.74) is 3.11. The molecule has 0 aliphatic carbocycles. The highest BCUT2D eigenvalue weighted by Gasteiger charge is 2.27. The van der Waals surface area contributed by atoms with Gasteiger partial charge in [0.1, 0.15) is 0 Å². The molecule has 178 valence electrons. The monoisotopic (exact) mass is 461 g/mol. The first-order valence-corrected chi connectivity index (χ1v) is 11.8. The number of amides is 2. The average Bonchev–Trinajstić information content (AvgIpc) is 3.31. The molecule has 2 N–H and O–H groups in total. The molecule has 1 aliphatic rings. The first kappa shape index (κ1) is 23.6. The van der Waals surface area contributed by atoms with Gasteiger partial charge in [-0.25, -0.2) is 0 Å². The van der Waals surface area contributed by atoms with Crippen molar-refractivity contribution in [2.75, 3.05) is 25.0 Å². The maximum atomic E-state index is 12.9. The van der Waals surface area contributed by atoms with Crippen LogP contribution in [0.2, 0.25) is 0 Å². The number of hydrogen-bond acceptors (Lipinski definition) is 6. The molecule has 2 amide bonds. The van der Waals surface area contributed by atoms with Gasteiger partial charge in [0.05, 0.1) is 17.8 Å². The predicted molar refractivity (Wildman–Crippen MR) is 130 cm³/mol. The lowest BCUT2D eigenvalue weighted by Gasteiger charge is -2.30. The molecule has 1 saturated heterocycles. The second-order valence-electron chi connectivity index (χ2n) is 8.67. The van der Waals surface area contributed by atoms with Crippen molar-refractivity contribution in [2.45, 2.75) is 39.7 Å². The maximum Gasteiger partial charge on any atom is 0.253 e. The summed E-state index contributed by atoms with van der Waals surface area (Å²) < 4.78 is 5.47. The fourth-order valence-electron chi connectivity index (χ4n) is 4.16. The molecular weight excluding hydrogens is 430 g/mol. The zero-order chi connectivity index (χ0) is 23.9. The molecular formula is C26H31N5O3. The van der Waals surface area contributed by atoms with Crippen molar-refractivity contribution in [1.29, 1.82) is 0 Å². The molecule has 1 aromatic heterocycles. The largest absolute Gasteiger partial charge is 0.352 e. The molecule has 8 heteroatoms. The van der Waals surface area contributed by atoms with E-state index in [2.05, 4.69) is 25.7 Å². The Morgan fingerprint density at radius 2 is 1.82 bits per heavy atom. The number of aryl methyl sites for hydroxylation is 1. The van der Waals surface area contributed by atoms with E-state index in [0.717, 1.165) is 43.5 Å². The summed E-state index contributed by atoms with van der Waals surface area (Å²) in [7, 11) is 0. The van der Waals surface area contributed by atoms with Crippen molar-refractivity contribution in [1.82, 2.24) is 20.4 Å². The van der Waals surface area contributed by atoms with Crippen molar-refractivity contribution < 1.29 is 14.1 Å². The summed E-state index contributed by atoms with van der Waals surface area (Å²) in [6, 6.07) is 15.1. The van der Waals surface area contributed by atoms with Crippen LogP contribution in [-0.4, -0.2) is 46.5 Å². The van der Waals surface area contributed by atoms with Crippen molar-refractivity contribution in [3.05, 3.63) is 65.5 Å². The van der Waals surface area contributed by atoms with Crippen LogP contribution in [0.1, 0.15) is 48.0 Å². The second kappa shape index (κ2) is 11.1. The van der Waals surface area contributed by atoms with Crippen LogP contribution in [-0.2, 0) is 11.3 Å². The van der Waals surface area contributed by atoms with E-state index in [4.69, 9.17) is 4.52 Å². The van der Waals surface area contributed by atoms with Gasteiger partial charge in [0.25, 0.3) is 5.91 Å². The minimum absolute atomic E-state index is 0.0463. The molecule has 4 rings (SSSR count). The summed E-state index contributed by atoms with van der Waals surface area (Å²) >= 11 is 0. The third-order valence-electron chi connectivity index (χ3n) is 6.14. The molecule has 0 unspecified atom stereocenters. The van der Waals surface area contributed by atoms with Gasteiger partial charge in [-0.2, -0.15) is 4.98 Å². The van der Waals surface area contributed by atoms with E-state index in [0.29, 0.717) is 36.1 Å². The zero-order valence-corrected chi connectivity index (χ0v) is 19.7. The molecule has 0 saturated carbocycles. The second-order valence-corrected chi connectivity index (χ2v) is 8.67. The molecule has 0 atom stereocenters. The van der Waals surface area contributed by atoms with Crippen LogP contribution in [0.4, 0.5) is 5.69 Å². The lowest BCUT2D eigenvalue weighted by molar-refractivity contribution is -0.121. The highest BCUT2D eigenvalue weighted by atomic mass is 16.5. The van der Waals surface area contributed by atoms with E-state index < -0.39 is 0 Å². The summed E-state index contributed by atoms with van der Waals surface area (Å²) in [4.78, 5) is 32.1. The Labute approximate surface area is 199 Å². The van der Waals surface area contributed by atoms with Crippen LogP contribution in [0.25, 0.3) is 11.4 Å². The van der Waals surface area contributed by atoms with Crippen LogP contribution in [0, 0.1) is 12.8 Å². The van der Waals surface area contributed by atoms with Gasteiger partial charge >= 0.3 is 0 Å². The Kier molecular flexibility index (Phi) is 7.69. The third-order valence-corrected chi connectivity index (χ3v) is 6.14. The molecule has 8 nitrogen and oxygen atoms in total. The number of carbonyl (C=O) groups is 2. The number of carbonyl (C=O) groups excluding carboxylic acids is 2. The molecule has 34 heavy (non-hydrogen) atoms. The maximum absolute atomic E-state index is 12.9. The summed E-state index contributed by atoms with van der Waals surface area (Å²) in [5, 5.41) is 9.97. The Morgan fingerprint density at radius 1 is 1.09 bits per heavy atom. The van der Waals surface area contributed by atoms with Crippen LogP contribution in [0.5, 0.6) is 0 Å². The Balaban J connectivity index is 1.30. The van der Waals surface area contributed by atoms with Crippen LogP contribution < -0.4 is 10.6 Å². The average molecular weight is 462 g/mol. The number of aromatic nitrogens is 2. The number of benzene rings is 2. The predicted octanol–water partition coefficient (Wildman–Crippen LogP) is 4.04. The minimum Gasteiger partial charge on any atom is -0.352 e. The van der Waals surface area contributed by atoms with Crippen molar-refractivity contribution in [3.63, 3.8) is 0 Å². The third kappa shape index (κ3) is 5.69. The molecule has 3 aromatic rings. The standard InChI is InChI=1S/C26H31N5O3/c1-3-14-27-26(33)21-10-6-7-11-22(21)28-25(32)19-12-15-31(16-13-19)17-23-29-24(30-34-23)20-9-5-4-8-18(20)2/h4-11,19H,3,12-17H2,1-2H3,(H,27,33)(H,28,32). The van der Waals surface area contributed by atoms with Crippen molar-refractivity contribution in [3.8, 4) is 11.4 Å². The molecule has 1 fully saturated rings. The topological polar surface area (TPSA) is 100 Å². The number of likely N-dealkylation sites (tertiary alicyclic amines) is 1. The van der Waals surface area contributed by atoms with Gasteiger partial charge in [-0.15, -0.1) is 0 Å². The molecule has 2 heterocycles. The summed E-state index contributed by atoms with van der Waals surface area (Å²) in [6.45, 7) is 6.72. The van der Waals surface area contributed by atoms with E-state index in [9.17, 15) is 9.59 Å². The molecule has 2 aromatic carbocycles. The first-order chi connectivity index (χ1) is 16.5. The Bertz CT molecular complexity index is 1130. The lowest BCUT2D eigenvalue weighted by atomic mass is 9.95. The van der Waals surface area contributed by atoms with Crippen LogP contribution in [0.3, 0.4) is 0 Å². The van der Waals surface area contributed by atoms with Gasteiger partial charge in [0, 0.05) is 18.0 Å². The van der Waals surface area contributed by atoms with Crippen LogP contribution >= 0.6 is 0 Å². The number of anilines is 1.